The number of aliphatic hydroxyl groups excluding tert-OH is 1. The largest absolute Gasteiger partial charge is 0.489 e. The molecule has 0 aromatic heterocycles. The minimum absolute atomic E-state index is 0.139. The Labute approximate surface area is 126 Å². The van der Waals surface area contributed by atoms with Gasteiger partial charge in [0.25, 0.3) is 0 Å². The van der Waals surface area contributed by atoms with Gasteiger partial charge in [-0.25, -0.2) is 0 Å². The SMILES string of the molecule is CC(CN)(CCO)c1ccc(OCc2ccccc2)cc1. The highest BCUT2D eigenvalue weighted by Gasteiger charge is 2.24. The Morgan fingerprint density at radius 1 is 1.05 bits per heavy atom. The summed E-state index contributed by atoms with van der Waals surface area (Å²) in [5.41, 5.74) is 7.95. The van der Waals surface area contributed by atoms with Crippen LogP contribution in [0.1, 0.15) is 24.5 Å². The maximum Gasteiger partial charge on any atom is 0.119 e. The molecule has 2 aromatic rings. The topological polar surface area (TPSA) is 55.5 Å². The standard InChI is InChI=1S/C18H23NO2/c1-18(14-19,11-12-20)16-7-9-17(10-8-16)21-13-15-5-3-2-4-6-15/h2-10,20H,11-14,19H2,1H3. The summed E-state index contributed by atoms with van der Waals surface area (Å²) < 4.78 is 5.77. The lowest BCUT2D eigenvalue weighted by Gasteiger charge is -2.28. The summed E-state index contributed by atoms with van der Waals surface area (Å²) in [5.74, 6) is 0.839. The summed E-state index contributed by atoms with van der Waals surface area (Å²) in [6, 6.07) is 18.1. The Bertz CT molecular complexity index is 539. The first-order chi connectivity index (χ1) is 10.2. The van der Waals surface area contributed by atoms with Crippen molar-refractivity contribution in [2.75, 3.05) is 13.2 Å². The maximum atomic E-state index is 9.18. The van der Waals surface area contributed by atoms with E-state index in [1.54, 1.807) is 0 Å². The van der Waals surface area contributed by atoms with Gasteiger partial charge >= 0.3 is 0 Å². The molecule has 0 amide bonds. The van der Waals surface area contributed by atoms with Gasteiger partial charge < -0.3 is 15.6 Å². The van der Waals surface area contributed by atoms with Gasteiger partial charge in [-0.2, -0.15) is 0 Å². The summed E-state index contributed by atoms with van der Waals surface area (Å²) in [5, 5.41) is 9.18. The van der Waals surface area contributed by atoms with E-state index < -0.39 is 0 Å². The van der Waals surface area contributed by atoms with Crippen molar-refractivity contribution in [3.63, 3.8) is 0 Å². The molecule has 112 valence electrons. The number of nitrogens with two attached hydrogens (primary N) is 1. The summed E-state index contributed by atoms with van der Waals surface area (Å²) in [6.45, 7) is 3.28. The van der Waals surface area contributed by atoms with Crippen LogP contribution < -0.4 is 10.5 Å². The molecule has 0 saturated heterocycles. The normalized spacial score (nSPS) is 13.7. The molecule has 0 spiro atoms. The van der Waals surface area contributed by atoms with Crippen molar-refractivity contribution in [1.82, 2.24) is 0 Å². The van der Waals surface area contributed by atoms with Crippen LogP contribution in [0.4, 0.5) is 0 Å². The van der Waals surface area contributed by atoms with Gasteiger partial charge in [-0.3, -0.25) is 0 Å². The van der Waals surface area contributed by atoms with E-state index in [9.17, 15) is 5.11 Å². The van der Waals surface area contributed by atoms with Crippen LogP contribution in [0.25, 0.3) is 0 Å². The molecule has 0 aliphatic rings. The minimum Gasteiger partial charge on any atom is -0.489 e. The molecule has 3 heteroatoms. The first-order valence-electron chi connectivity index (χ1n) is 7.26. The lowest BCUT2D eigenvalue weighted by atomic mass is 9.80. The molecule has 0 bridgehead atoms. The number of hydrogen-bond donors (Lipinski definition) is 2. The summed E-state index contributed by atoms with van der Waals surface area (Å²) >= 11 is 0. The van der Waals surface area contributed by atoms with Crippen molar-refractivity contribution >= 4 is 0 Å². The third kappa shape index (κ3) is 4.06. The van der Waals surface area contributed by atoms with Crippen LogP contribution in [0.3, 0.4) is 0 Å². The van der Waals surface area contributed by atoms with Crippen LogP contribution in [-0.4, -0.2) is 18.3 Å². The molecule has 2 aromatic carbocycles. The third-order valence-electron chi connectivity index (χ3n) is 3.91. The van der Waals surface area contributed by atoms with Crippen LogP contribution in [0.5, 0.6) is 5.75 Å². The Hall–Kier alpha value is -1.84. The second-order valence-electron chi connectivity index (χ2n) is 5.54. The van der Waals surface area contributed by atoms with Gasteiger partial charge in [0.15, 0.2) is 0 Å². The van der Waals surface area contributed by atoms with E-state index in [-0.39, 0.29) is 12.0 Å². The van der Waals surface area contributed by atoms with Crippen molar-refractivity contribution in [2.24, 2.45) is 5.73 Å². The molecule has 3 nitrogen and oxygen atoms in total. The van der Waals surface area contributed by atoms with Crippen LogP contribution in [0.2, 0.25) is 0 Å². The lowest BCUT2D eigenvalue weighted by Crippen LogP contribution is -2.32. The van der Waals surface area contributed by atoms with E-state index in [0.29, 0.717) is 19.6 Å². The number of rotatable bonds is 7. The fourth-order valence-corrected chi connectivity index (χ4v) is 2.31. The smallest absolute Gasteiger partial charge is 0.119 e. The summed E-state index contributed by atoms with van der Waals surface area (Å²) in [7, 11) is 0. The van der Waals surface area contributed by atoms with Gasteiger partial charge in [-0.05, 0) is 29.7 Å². The Morgan fingerprint density at radius 2 is 1.71 bits per heavy atom. The zero-order valence-corrected chi connectivity index (χ0v) is 12.5. The molecule has 2 rings (SSSR count). The Balaban J connectivity index is 2.02. The fraction of sp³-hybridized carbons (Fsp3) is 0.333. The number of benzene rings is 2. The number of hydrogen-bond acceptors (Lipinski definition) is 3. The summed E-state index contributed by atoms with van der Waals surface area (Å²) in [6.07, 6.45) is 0.660. The molecule has 0 heterocycles. The van der Waals surface area contributed by atoms with Gasteiger partial charge in [-0.1, -0.05) is 49.4 Å². The van der Waals surface area contributed by atoms with E-state index in [0.717, 1.165) is 16.9 Å². The average Bonchev–Trinajstić information content (AvgIpc) is 2.54. The Morgan fingerprint density at radius 3 is 2.29 bits per heavy atom. The predicted octanol–water partition coefficient (Wildman–Crippen LogP) is 2.86. The van der Waals surface area contributed by atoms with E-state index in [4.69, 9.17) is 10.5 Å². The predicted molar refractivity (Wildman–Crippen MR) is 85.3 cm³/mol. The minimum atomic E-state index is -0.188. The summed E-state index contributed by atoms with van der Waals surface area (Å²) in [4.78, 5) is 0. The fourth-order valence-electron chi connectivity index (χ4n) is 2.31. The third-order valence-corrected chi connectivity index (χ3v) is 3.91. The van der Waals surface area contributed by atoms with Gasteiger partial charge in [0, 0.05) is 18.6 Å². The maximum absolute atomic E-state index is 9.18. The Kier molecular flexibility index (Phi) is 5.37. The zero-order chi connectivity index (χ0) is 15.1. The molecule has 0 fully saturated rings. The molecule has 1 unspecified atom stereocenters. The highest BCUT2D eigenvalue weighted by molar-refractivity contribution is 5.32. The molecular formula is C18H23NO2. The number of ether oxygens (including phenoxy) is 1. The average molecular weight is 285 g/mol. The molecule has 0 radical (unpaired) electrons. The molecule has 1 atom stereocenters. The van der Waals surface area contributed by atoms with Gasteiger partial charge in [0.1, 0.15) is 12.4 Å². The molecule has 0 aliphatic heterocycles. The van der Waals surface area contributed by atoms with Crippen LogP contribution in [-0.2, 0) is 12.0 Å². The van der Waals surface area contributed by atoms with Crippen molar-refractivity contribution in [1.29, 1.82) is 0 Å². The number of aliphatic hydroxyl groups is 1. The van der Waals surface area contributed by atoms with E-state index in [1.165, 1.54) is 0 Å². The highest BCUT2D eigenvalue weighted by atomic mass is 16.5. The molecular weight excluding hydrogens is 262 g/mol. The highest BCUT2D eigenvalue weighted by Crippen LogP contribution is 2.28. The zero-order valence-electron chi connectivity index (χ0n) is 12.5. The molecule has 0 aliphatic carbocycles. The lowest BCUT2D eigenvalue weighted by molar-refractivity contribution is 0.247. The van der Waals surface area contributed by atoms with Gasteiger partial charge in [-0.15, -0.1) is 0 Å². The monoisotopic (exact) mass is 285 g/mol. The van der Waals surface area contributed by atoms with Crippen molar-refractivity contribution in [3.05, 3.63) is 65.7 Å². The van der Waals surface area contributed by atoms with Crippen LogP contribution >= 0.6 is 0 Å². The second kappa shape index (κ2) is 7.25. The van der Waals surface area contributed by atoms with E-state index in [1.807, 2.05) is 54.6 Å². The van der Waals surface area contributed by atoms with Crippen LogP contribution in [0.15, 0.2) is 54.6 Å². The van der Waals surface area contributed by atoms with Crippen molar-refractivity contribution in [2.45, 2.75) is 25.4 Å². The molecule has 0 saturated carbocycles. The quantitative estimate of drug-likeness (QED) is 0.822. The first kappa shape index (κ1) is 15.5. The molecule has 3 N–H and O–H groups in total. The van der Waals surface area contributed by atoms with Gasteiger partial charge in [0.05, 0.1) is 0 Å². The van der Waals surface area contributed by atoms with Crippen molar-refractivity contribution in [3.8, 4) is 5.75 Å². The first-order valence-corrected chi connectivity index (χ1v) is 7.26. The van der Waals surface area contributed by atoms with Crippen molar-refractivity contribution < 1.29 is 9.84 Å². The second-order valence-corrected chi connectivity index (χ2v) is 5.54. The van der Waals surface area contributed by atoms with E-state index >= 15 is 0 Å². The van der Waals surface area contributed by atoms with Crippen LogP contribution in [0, 0.1) is 0 Å². The molecule has 21 heavy (non-hydrogen) atoms. The van der Waals surface area contributed by atoms with Gasteiger partial charge in [0.2, 0.25) is 0 Å². The van der Waals surface area contributed by atoms with E-state index in [2.05, 4.69) is 6.92 Å².